The number of ether oxygens (including phenoxy) is 1. The average Bonchev–Trinajstić information content (AvgIpc) is 2.84. The zero-order valence-corrected chi connectivity index (χ0v) is 13.4. The normalized spacial score (nSPS) is 12.1. The van der Waals surface area contributed by atoms with E-state index in [1.807, 2.05) is 0 Å². The first-order valence-corrected chi connectivity index (χ1v) is 7.58. The van der Waals surface area contributed by atoms with Crippen molar-refractivity contribution in [2.45, 2.75) is 19.5 Å². The van der Waals surface area contributed by atoms with Gasteiger partial charge < -0.3 is 10.1 Å². The highest BCUT2D eigenvalue weighted by molar-refractivity contribution is 7.14. The molecule has 1 aromatic carbocycles. The van der Waals surface area contributed by atoms with Gasteiger partial charge in [0.2, 0.25) is 0 Å². The molecule has 0 spiro atoms. The molecule has 2 aromatic rings. The van der Waals surface area contributed by atoms with E-state index in [9.17, 15) is 31.1 Å². The first-order valence-electron chi connectivity index (χ1n) is 6.76. The van der Waals surface area contributed by atoms with Crippen molar-refractivity contribution in [2.24, 2.45) is 0 Å². The summed E-state index contributed by atoms with van der Waals surface area (Å²) in [6.45, 7) is 0.129. The van der Waals surface area contributed by atoms with Crippen molar-refractivity contribution in [3.8, 4) is 16.9 Å². The van der Waals surface area contributed by atoms with Crippen LogP contribution in [-0.2, 0) is 0 Å². The van der Waals surface area contributed by atoms with Crippen LogP contribution in [-0.4, -0.2) is 25.0 Å². The third kappa shape index (κ3) is 5.66. The number of thiophene rings is 1. The number of nitrogens with one attached hydrogen (secondary N) is 1. The summed E-state index contributed by atoms with van der Waals surface area (Å²) < 4.78 is 77.5. The molecule has 0 aliphatic heterocycles. The maximum absolute atomic E-state index is 12.3. The third-order valence-electron chi connectivity index (χ3n) is 2.89. The van der Waals surface area contributed by atoms with E-state index in [2.05, 4.69) is 4.74 Å². The minimum Gasteiger partial charge on any atom is -0.406 e. The first-order chi connectivity index (χ1) is 11.4. The molecule has 1 N–H and O–H groups in total. The lowest BCUT2D eigenvalue weighted by Crippen LogP contribution is -2.33. The molecular formula is C15H11F6NO2S. The summed E-state index contributed by atoms with van der Waals surface area (Å²) in [4.78, 5) is 12.6. The molecule has 0 aliphatic rings. The maximum Gasteiger partial charge on any atom is 0.573 e. The van der Waals surface area contributed by atoms with Gasteiger partial charge >= 0.3 is 12.5 Å². The summed E-state index contributed by atoms with van der Waals surface area (Å²) in [6, 6.07) is 6.39. The van der Waals surface area contributed by atoms with E-state index in [1.54, 1.807) is 12.2 Å². The van der Waals surface area contributed by atoms with Crippen molar-refractivity contribution in [1.29, 1.82) is 0 Å². The van der Waals surface area contributed by atoms with Crippen molar-refractivity contribution in [2.75, 3.05) is 6.54 Å². The largest absolute Gasteiger partial charge is 0.573 e. The Morgan fingerprint density at radius 3 is 2.44 bits per heavy atom. The number of hydrogen-bond donors (Lipinski definition) is 1. The lowest BCUT2D eigenvalue weighted by Gasteiger charge is -2.11. The predicted molar refractivity (Wildman–Crippen MR) is 79.6 cm³/mol. The number of aryl methyl sites for hydroxylation is 1. The zero-order valence-electron chi connectivity index (χ0n) is 12.6. The molecule has 0 aliphatic carbocycles. The quantitative estimate of drug-likeness (QED) is 0.762. The molecule has 0 radical (unpaired) electrons. The molecule has 25 heavy (non-hydrogen) atoms. The number of alkyl halides is 6. The Kier molecular flexibility index (Phi) is 5.31. The first kappa shape index (κ1) is 19.1. The lowest BCUT2D eigenvalue weighted by molar-refractivity contribution is -0.274. The highest BCUT2D eigenvalue weighted by Crippen LogP contribution is 2.34. The molecule has 0 saturated carbocycles. The van der Waals surface area contributed by atoms with Gasteiger partial charge in [-0.3, -0.25) is 4.79 Å². The molecular weight excluding hydrogens is 372 g/mol. The standard InChI is InChI=1S/C15H11F6NO2S/c1-8-5-11(12(25-8)13(23)22-7-14(16,17)18)9-3-2-4-10(6-9)24-15(19,20)21/h2-6H,7H2,1H3,(H,22,23). The van der Waals surface area contributed by atoms with Crippen LogP contribution in [0.3, 0.4) is 0 Å². The minimum absolute atomic E-state index is 0.0223. The van der Waals surface area contributed by atoms with E-state index >= 15 is 0 Å². The van der Waals surface area contributed by atoms with Gasteiger partial charge in [-0.05, 0) is 30.7 Å². The highest BCUT2D eigenvalue weighted by Gasteiger charge is 2.31. The van der Waals surface area contributed by atoms with Gasteiger partial charge in [-0.15, -0.1) is 24.5 Å². The summed E-state index contributed by atoms with van der Waals surface area (Å²) in [5.74, 6) is -1.44. The van der Waals surface area contributed by atoms with Crippen LogP contribution < -0.4 is 10.1 Å². The van der Waals surface area contributed by atoms with Gasteiger partial charge in [0.1, 0.15) is 12.3 Å². The molecule has 0 fully saturated rings. The Morgan fingerprint density at radius 2 is 1.84 bits per heavy atom. The highest BCUT2D eigenvalue weighted by atomic mass is 32.1. The Hall–Kier alpha value is -2.23. The second-order valence-corrected chi connectivity index (χ2v) is 6.23. The third-order valence-corrected chi connectivity index (χ3v) is 3.94. The van der Waals surface area contributed by atoms with Crippen molar-refractivity contribution >= 4 is 17.2 Å². The fraction of sp³-hybridized carbons (Fsp3) is 0.267. The van der Waals surface area contributed by atoms with Crippen molar-refractivity contribution in [1.82, 2.24) is 5.32 Å². The van der Waals surface area contributed by atoms with E-state index in [0.717, 1.165) is 23.5 Å². The predicted octanol–water partition coefficient (Wildman–Crippen LogP) is 4.91. The molecule has 2 rings (SSSR count). The number of carbonyl (C=O) groups excluding carboxylic acids is 1. The molecule has 136 valence electrons. The van der Waals surface area contributed by atoms with Gasteiger partial charge in [0.25, 0.3) is 5.91 Å². The van der Waals surface area contributed by atoms with Crippen molar-refractivity contribution in [3.05, 3.63) is 40.1 Å². The molecule has 0 atom stereocenters. The van der Waals surface area contributed by atoms with Crippen LogP contribution in [0.15, 0.2) is 30.3 Å². The summed E-state index contributed by atoms with van der Waals surface area (Å²) in [5.41, 5.74) is 0.457. The van der Waals surface area contributed by atoms with Gasteiger partial charge in [-0.25, -0.2) is 0 Å². The van der Waals surface area contributed by atoms with Gasteiger partial charge in [-0.1, -0.05) is 12.1 Å². The van der Waals surface area contributed by atoms with E-state index in [-0.39, 0.29) is 16.0 Å². The average molecular weight is 383 g/mol. The number of rotatable bonds is 4. The van der Waals surface area contributed by atoms with Crippen LogP contribution >= 0.6 is 11.3 Å². The van der Waals surface area contributed by atoms with Gasteiger partial charge in [0.15, 0.2) is 0 Å². The van der Waals surface area contributed by atoms with Crippen LogP contribution in [0.4, 0.5) is 26.3 Å². The number of benzene rings is 1. The van der Waals surface area contributed by atoms with Crippen LogP contribution in [0.5, 0.6) is 5.75 Å². The van der Waals surface area contributed by atoms with E-state index in [4.69, 9.17) is 0 Å². The molecule has 0 saturated heterocycles. The Balaban J connectivity index is 2.31. The minimum atomic E-state index is -4.88. The number of hydrogen-bond acceptors (Lipinski definition) is 3. The van der Waals surface area contributed by atoms with E-state index < -0.39 is 30.7 Å². The second kappa shape index (κ2) is 6.95. The number of halogens is 6. The second-order valence-electron chi connectivity index (χ2n) is 4.97. The van der Waals surface area contributed by atoms with E-state index in [0.29, 0.717) is 4.88 Å². The van der Waals surface area contributed by atoms with Crippen molar-refractivity contribution < 1.29 is 35.9 Å². The molecule has 1 amide bonds. The smallest absolute Gasteiger partial charge is 0.406 e. The zero-order chi connectivity index (χ0) is 18.8. The Morgan fingerprint density at radius 1 is 1.16 bits per heavy atom. The molecule has 0 bridgehead atoms. The number of carbonyl (C=O) groups is 1. The number of amides is 1. The van der Waals surface area contributed by atoms with E-state index in [1.165, 1.54) is 18.2 Å². The summed E-state index contributed by atoms with van der Waals surface area (Å²) in [6.07, 6.45) is -9.45. The van der Waals surface area contributed by atoms with Gasteiger partial charge in [-0.2, -0.15) is 13.2 Å². The topological polar surface area (TPSA) is 38.3 Å². The summed E-state index contributed by atoms with van der Waals surface area (Å²) >= 11 is 0.944. The Bertz CT molecular complexity index is 766. The molecule has 1 heterocycles. The molecule has 0 unspecified atom stereocenters. The Labute approximate surface area is 142 Å². The van der Waals surface area contributed by atoms with Gasteiger partial charge in [0.05, 0.1) is 4.88 Å². The van der Waals surface area contributed by atoms with Crippen LogP contribution in [0, 0.1) is 6.92 Å². The molecule has 1 aromatic heterocycles. The fourth-order valence-corrected chi connectivity index (χ4v) is 2.97. The van der Waals surface area contributed by atoms with Crippen molar-refractivity contribution in [3.63, 3.8) is 0 Å². The summed E-state index contributed by atoms with van der Waals surface area (Å²) in [7, 11) is 0. The van der Waals surface area contributed by atoms with Gasteiger partial charge in [0, 0.05) is 10.4 Å². The molecule has 10 heteroatoms. The fourth-order valence-electron chi connectivity index (χ4n) is 2.02. The van der Waals surface area contributed by atoms with Crippen LogP contribution in [0.1, 0.15) is 14.5 Å². The van der Waals surface area contributed by atoms with Crippen LogP contribution in [0.25, 0.3) is 11.1 Å². The monoisotopic (exact) mass is 383 g/mol. The SMILES string of the molecule is Cc1cc(-c2cccc(OC(F)(F)F)c2)c(C(=O)NCC(F)(F)F)s1. The maximum atomic E-state index is 12.3. The van der Waals surface area contributed by atoms with Crippen LogP contribution in [0.2, 0.25) is 0 Å². The summed E-state index contributed by atoms with van der Waals surface area (Å²) in [5, 5.41) is 1.75. The lowest BCUT2D eigenvalue weighted by atomic mass is 10.1. The molecule has 3 nitrogen and oxygen atoms in total.